The summed E-state index contributed by atoms with van der Waals surface area (Å²) in [4.78, 5) is 20.4. The van der Waals surface area contributed by atoms with Crippen LogP contribution in [0.2, 0.25) is 0 Å². The van der Waals surface area contributed by atoms with Gasteiger partial charge in [0.05, 0.1) is 30.1 Å². The predicted molar refractivity (Wildman–Crippen MR) is 128 cm³/mol. The van der Waals surface area contributed by atoms with E-state index in [1.54, 1.807) is 0 Å². The molecule has 9 nitrogen and oxygen atoms in total. The fourth-order valence-corrected chi connectivity index (χ4v) is 3.98. The number of benzene rings is 2. The van der Waals surface area contributed by atoms with E-state index in [1.165, 1.54) is 24.4 Å². The molecule has 2 aliphatic heterocycles. The zero-order chi connectivity index (χ0) is 28.6. The molecule has 1 atom stereocenters. The Morgan fingerprint density at radius 1 is 1.07 bits per heavy atom. The van der Waals surface area contributed by atoms with Gasteiger partial charge in [-0.05, 0) is 36.8 Å². The average Bonchev–Trinajstić information content (AvgIpc) is 3.55. The number of fused-ring (bicyclic) bond motifs is 1. The first kappa shape index (κ1) is 26.7. The average molecular weight is 559 g/mol. The molecule has 206 valence electrons. The number of rotatable bonds is 8. The third kappa shape index (κ3) is 5.07. The van der Waals surface area contributed by atoms with E-state index < -0.39 is 35.4 Å². The number of nitrogens with zero attached hydrogens (tertiary/aromatic N) is 5. The number of ether oxygens (including phenoxy) is 1. The van der Waals surface area contributed by atoms with Gasteiger partial charge in [0, 0.05) is 11.6 Å². The standard InChI is InChI=1S/C26H18F5N5O4/c1-2-8-39-13-6-7-14(16(9-13)26(29,30)31)18-10-21(40-35-18)23(25(37)38)36-12-20-19(11-32-36)33-24(34-20)15-4-3-5-17(27)22(15)28/h3-7,9-12,23H,2,8H2,1H3,(H,37,38). The Balaban J connectivity index is 1.51. The molecule has 5 rings (SSSR count). The molecular weight excluding hydrogens is 541 g/mol. The van der Waals surface area contributed by atoms with Crippen LogP contribution in [0, 0.1) is 11.6 Å². The molecule has 0 spiro atoms. The number of halogens is 5. The molecule has 0 saturated carbocycles. The molecule has 2 aromatic carbocycles. The van der Waals surface area contributed by atoms with Gasteiger partial charge in [0.2, 0.25) is 6.04 Å². The van der Waals surface area contributed by atoms with Crippen molar-refractivity contribution in [2.45, 2.75) is 25.6 Å². The molecule has 3 heterocycles. The Kier molecular flexibility index (Phi) is 6.92. The number of carbonyl (C=O) groups is 1. The largest absolute Gasteiger partial charge is 0.494 e. The summed E-state index contributed by atoms with van der Waals surface area (Å²) in [5.41, 5.74) is -1.57. The van der Waals surface area contributed by atoms with Crippen molar-refractivity contribution < 1.29 is 41.1 Å². The molecule has 1 unspecified atom stereocenters. The molecule has 0 aliphatic carbocycles. The molecule has 0 radical (unpaired) electrons. The minimum atomic E-state index is -4.76. The molecule has 2 aliphatic rings. The highest BCUT2D eigenvalue weighted by Gasteiger charge is 2.36. The van der Waals surface area contributed by atoms with E-state index in [9.17, 15) is 31.9 Å². The number of aliphatic carboxylic acids is 1. The van der Waals surface area contributed by atoms with E-state index >= 15 is 0 Å². The monoisotopic (exact) mass is 559 g/mol. The summed E-state index contributed by atoms with van der Waals surface area (Å²) in [5, 5.41) is 17.6. The number of carboxylic acids is 1. The number of alkyl halides is 3. The molecule has 0 saturated heterocycles. The Morgan fingerprint density at radius 3 is 2.58 bits per heavy atom. The Morgan fingerprint density at radius 2 is 1.85 bits per heavy atom. The number of carboxylic acid groups (broad SMARTS) is 1. The van der Waals surface area contributed by atoms with E-state index in [0.717, 1.165) is 35.1 Å². The van der Waals surface area contributed by atoms with Crippen molar-refractivity contribution in [2.24, 2.45) is 0 Å². The first-order valence-corrected chi connectivity index (χ1v) is 11.8. The number of aromatic nitrogens is 5. The van der Waals surface area contributed by atoms with Crippen LogP contribution in [0.5, 0.6) is 5.75 Å². The maximum Gasteiger partial charge on any atom is 0.417 e. The van der Waals surface area contributed by atoms with E-state index in [0.29, 0.717) is 6.42 Å². The third-order valence-corrected chi connectivity index (χ3v) is 5.82. The van der Waals surface area contributed by atoms with Crippen LogP contribution in [-0.4, -0.2) is 42.6 Å². The van der Waals surface area contributed by atoms with E-state index in [4.69, 9.17) is 9.26 Å². The van der Waals surface area contributed by atoms with Crippen LogP contribution >= 0.6 is 0 Å². The quantitative estimate of drug-likeness (QED) is 0.235. The molecular formula is C26H18F5N5O4. The lowest BCUT2D eigenvalue weighted by Crippen LogP contribution is -2.22. The van der Waals surface area contributed by atoms with Gasteiger partial charge in [-0.1, -0.05) is 18.1 Å². The molecule has 40 heavy (non-hydrogen) atoms. The summed E-state index contributed by atoms with van der Waals surface area (Å²) >= 11 is 0. The number of imidazole rings is 1. The van der Waals surface area contributed by atoms with Gasteiger partial charge in [0.1, 0.15) is 22.8 Å². The Hall–Kier alpha value is -4.88. The van der Waals surface area contributed by atoms with Crippen molar-refractivity contribution in [3.8, 4) is 39.8 Å². The lowest BCUT2D eigenvalue weighted by molar-refractivity contribution is -0.140. The molecule has 1 aromatic heterocycles. The summed E-state index contributed by atoms with van der Waals surface area (Å²) in [6.07, 6.45) is -1.82. The molecule has 0 amide bonds. The first-order chi connectivity index (χ1) is 19.1. The fourth-order valence-electron chi connectivity index (χ4n) is 3.98. The predicted octanol–water partition coefficient (Wildman–Crippen LogP) is 5.86. The zero-order valence-electron chi connectivity index (χ0n) is 20.5. The van der Waals surface area contributed by atoms with E-state index in [1.807, 2.05) is 6.92 Å². The van der Waals surface area contributed by atoms with Crippen molar-refractivity contribution in [3.63, 3.8) is 0 Å². The van der Waals surface area contributed by atoms with Gasteiger partial charge in [-0.25, -0.2) is 28.2 Å². The summed E-state index contributed by atoms with van der Waals surface area (Å²) < 4.78 is 80.8. The van der Waals surface area contributed by atoms with Crippen LogP contribution in [0.3, 0.4) is 0 Å². The normalized spacial score (nSPS) is 12.6. The highest BCUT2D eigenvalue weighted by Crippen LogP contribution is 2.39. The Bertz CT molecular complexity index is 1670. The van der Waals surface area contributed by atoms with Crippen LogP contribution in [0.1, 0.15) is 30.7 Å². The minimum Gasteiger partial charge on any atom is -0.494 e. The van der Waals surface area contributed by atoms with Crippen LogP contribution < -0.4 is 4.74 Å². The van der Waals surface area contributed by atoms with Gasteiger partial charge in [0.25, 0.3) is 0 Å². The van der Waals surface area contributed by atoms with Gasteiger partial charge in [-0.3, -0.25) is 0 Å². The second-order valence-corrected chi connectivity index (χ2v) is 8.58. The zero-order valence-corrected chi connectivity index (χ0v) is 20.5. The molecule has 3 aromatic rings. The summed E-state index contributed by atoms with van der Waals surface area (Å²) in [5.74, 6) is -4.16. The summed E-state index contributed by atoms with van der Waals surface area (Å²) in [6, 6.07) is 6.26. The van der Waals surface area contributed by atoms with E-state index in [2.05, 4.69) is 20.2 Å². The van der Waals surface area contributed by atoms with Crippen LogP contribution in [0.4, 0.5) is 22.0 Å². The van der Waals surface area contributed by atoms with Crippen molar-refractivity contribution in [2.75, 3.05) is 6.61 Å². The molecule has 0 fully saturated rings. The maximum absolute atomic E-state index is 14.2. The Labute approximate surface area is 222 Å². The third-order valence-electron chi connectivity index (χ3n) is 5.82. The number of hydrogen-bond donors (Lipinski definition) is 1. The minimum absolute atomic E-state index is 0.0198. The van der Waals surface area contributed by atoms with Crippen LogP contribution in [0.25, 0.3) is 34.0 Å². The van der Waals surface area contributed by atoms with Crippen molar-refractivity contribution in [1.82, 2.24) is 24.9 Å². The lowest BCUT2D eigenvalue weighted by atomic mass is 10.0. The second kappa shape index (κ2) is 10.4. The SMILES string of the molecule is CCCOc1ccc(-c2cc(C(C(=O)O)n3cc4nc(-c5cccc(F)c5F)nc-4cn3)on2)c(C(F)(F)F)c1. The smallest absolute Gasteiger partial charge is 0.417 e. The molecule has 14 heteroatoms. The fraction of sp³-hybridized carbons (Fsp3) is 0.192. The molecule has 1 N–H and O–H groups in total. The van der Waals surface area contributed by atoms with Crippen molar-refractivity contribution >= 4 is 5.97 Å². The maximum atomic E-state index is 14.2. The summed E-state index contributed by atoms with van der Waals surface area (Å²) in [7, 11) is 0. The van der Waals surface area contributed by atoms with Crippen molar-refractivity contribution in [3.05, 3.63) is 77.8 Å². The first-order valence-electron chi connectivity index (χ1n) is 11.8. The second-order valence-electron chi connectivity index (χ2n) is 8.58. The van der Waals surface area contributed by atoms with Gasteiger partial charge in [0.15, 0.2) is 23.2 Å². The van der Waals surface area contributed by atoms with Gasteiger partial charge >= 0.3 is 12.1 Å². The highest BCUT2D eigenvalue weighted by molar-refractivity contribution is 5.76. The van der Waals surface area contributed by atoms with Gasteiger partial charge < -0.3 is 14.4 Å². The topological polar surface area (TPSA) is 116 Å². The van der Waals surface area contributed by atoms with Crippen molar-refractivity contribution in [1.29, 1.82) is 0 Å². The van der Waals surface area contributed by atoms with Gasteiger partial charge in [-0.2, -0.15) is 18.3 Å². The van der Waals surface area contributed by atoms with Crippen LogP contribution in [-0.2, 0) is 11.0 Å². The molecule has 0 bridgehead atoms. The highest BCUT2D eigenvalue weighted by atomic mass is 19.4. The lowest BCUT2D eigenvalue weighted by Gasteiger charge is -2.14. The van der Waals surface area contributed by atoms with Crippen LogP contribution in [0.15, 0.2) is 59.4 Å². The van der Waals surface area contributed by atoms with Gasteiger partial charge in [-0.15, -0.1) is 0 Å². The number of hydrogen-bond acceptors (Lipinski definition) is 7. The summed E-state index contributed by atoms with van der Waals surface area (Å²) in [6.45, 7) is 2.04. The van der Waals surface area contributed by atoms with E-state index in [-0.39, 0.29) is 52.1 Å².